The molecule has 0 amide bonds. The largest absolute Gasteiger partial charge is 0.384 e. The van der Waals surface area contributed by atoms with Crippen LogP contribution in [-0.4, -0.2) is 31.7 Å². The van der Waals surface area contributed by atoms with Crippen LogP contribution >= 0.6 is 11.6 Å². The Kier molecular flexibility index (Phi) is 4.78. The van der Waals surface area contributed by atoms with E-state index in [0.717, 1.165) is 0 Å². The second kappa shape index (κ2) is 5.89. The summed E-state index contributed by atoms with van der Waals surface area (Å²) in [5.41, 5.74) is -0.355. The molecule has 0 saturated carbocycles. The highest BCUT2D eigenvalue weighted by Gasteiger charge is 2.25. The van der Waals surface area contributed by atoms with E-state index in [4.69, 9.17) is 11.6 Å². The highest BCUT2D eigenvalue weighted by Crippen LogP contribution is 2.26. The van der Waals surface area contributed by atoms with Crippen molar-refractivity contribution in [3.8, 4) is 0 Å². The van der Waals surface area contributed by atoms with Crippen LogP contribution < -0.4 is 10.6 Å². The van der Waals surface area contributed by atoms with E-state index in [1.165, 1.54) is 0 Å². The van der Waals surface area contributed by atoms with E-state index in [1.54, 1.807) is 27.1 Å². The molecule has 0 aliphatic carbocycles. The monoisotopic (exact) mass is 255 g/mol. The smallest absolute Gasteiger partial charge is 0.190 e. The Hall–Kier alpha value is -1.26. The van der Waals surface area contributed by atoms with Gasteiger partial charge < -0.3 is 15.7 Å². The van der Waals surface area contributed by atoms with E-state index >= 15 is 0 Å². The average molecular weight is 256 g/mol. The van der Waals surface area contributed by atoms with Crippen molar-refractivity contribution in [2.75, 3.05) is 20.6 Å². The van der Waals surface area contributed by atoms with Crippen molar-refractivity contribution in [3.63, 3.8) is 0 Å². The molecule has 0 radical (unpaired) electrons. The molecule has 0 aliphatic rings. The third kappa shape index (κ3) is 3.61. The van der Waals surface area contributed by atoms with E-state index in [0.29, 0.717) is 23.1 Å². The van der Waals surface area contributed by atoms with Crippen LogP contribution in [0.1, 0.15) is 12.5 Å². The predicted octanol–water partition coefficient (Wildman–Crippen LogP) is 1.34. The lowest BCUT2D eigenvalue weighted by Gasteiger charge is -2.26. The third-order valence-corrected chi connectivity index (χ3v) is 2.84. The van der Waals surface area contributed by atoms with E-state index in [1.807, 2.05) is 18.2 Å². The van der Waals surface area contributed by atoms with Crippen molar-refractivity contribution in [1.82, 2.24) is 10.6 Å². The number of rotatable bonds is 3. The fourth-order valence-corrected chi connectivity index (χ4v) is 1.87. The van der Waals surface area contributed by atoms with Crippen molar-refractivity contribution in [1.29, 1.82) is 0 Å². The fraction of sp³-hybridized carbons (Fsp3) is 0.417. The predicted molar refractivity (Wildman–Crippen MR) is 71.4 cm³/mol. The molecule has 3 N–H and O–H groups in total. The number of aliphatic hydroxyl groups is 1. The summed E-state index contributed by atoms with van der Waals surface area (Å²) >= 11 is 6.06. The lowest BCUT2D eigenvalue weighted by molar-refractivity contribution is 0.0618. The van der Waals surface area contributed by atoms with Crippen molar-refractivity contribution >= 4 is 17.6 Å². The van der Waals surface area contributed by atoms with Crippen LogP contribution in [0.3, 0.4) is 0 Å². The van der Waals surface area contributed by atoms with Gasteiger partial charge in [0.1, 0.15) is 5.60 Å². The van der Waals surface area contributed by atoms with Gasteiger partial charge in [-0.3, -0.25) is 4.99 Å². The molecule has 0 spiro atoms. The first-order valence-electron chi connectivity index (χ1n) is 5.37. The van der Waals surface area contributed by atoms with Crippen molar-refractivity contribution in [2.24, 2.45) is 4.99 Å². The summed E-state index contributed by atoms with van der Waals surface area (Å²) < 4.78 is 0. The number of nitrogens with one attached hydrogen (secondary N) is 2. The van der Waals surface area contributed by atoms with Gasteiger partial charge >= 0.3 is 0 Å². The first kappa shape index (κ1) is 13.8. The molecule has 1 aromatic carbocycles. The minimum atomic E-state index is -1.05. The molecule has 1 rings (SSSR count). The van der Waals surface area contributed by atoms with E-state index in [2.05, 4.69) is 15.6 Å². The minimum absolute atomic E-state index is 0.324. The van der Waals surface area contributed by atoms with Gasteiger partial charge in [0, 0.05) is 24.7 Å². The highest BCUT2D eigenvalue weighted by atomic mass is 35.5. The molecular formula is C12H18ClN3O. The molecule has 0 bridgehead atoms. The summed E-state index contributed by atoms with van der Waals surface area (Å²) in [5, 5.41) is 16.8. The van der Waals surface area contributed by atoms with Gasteiger partial charge in [-0.1, -0.05) is 29.8 Å². The zero-order valence-electron chi connectivity index (χ0n) is 10.3. The van der Waals surface area contributed by atoms with Crippen LogP contribution in [0, 0.1) is 0 Å². The Morgan fingerprint density at radius 3 is 2.65 bits per heavy atom. The molecule has 0 aromatic heterocycles. The molecule has 0 heterocycles. The molecule has 0 saturated heterocycles. The van der Waals surface area contributed by atoms with Crippen molar-refractivity contribution < 1.29 is 5.11 Å². The number of nitrogens with zero attached hydrogens (tertiary/aromatic N) is 1. The van der Waals surface area contributed by atoms with Crippen LogP contribution in [0.2, 0.25) is 5.02 Å². The van der Waals surface area contributed by atoms with Gasteiger partial charge in [0.05, 0.1) is 6.54 Å². The zero-order chi connectivity index (χ0) is 12.9. The van der Waals surface area contributed by atoms with Gasteiger partial charge in [0.15, 0.2) is 5.96 Å². The first-order chi connectivity index (χ1) is 8.01. The molecule has 94 valence electrons. The molecule has 1 aromatic rings. The van der Waals surface area contributed by atoms with Crippen LogP contribution in [0.4, 0.5) is 0 Å². The molecule has 0 aliphatic heterocycles. The highest BCUT2D eigenvalue weighted by molar-refractivity contribution is 6.31. The number of halogens is 1. The Balaban J connectivity index is 2.79. The maximum Gasteiger partial charge on any atom is 0.190 e. The third-order valence-electron chi connectivity index (χ3n) is 2.51. The SMILES string of the molecule is CN=C(NC)NCC(C)(O)c1ccccc1Cl. The molecule has 1 unspecified atom stereocenters. The van der Waals surface area contributed by atoms with Crippen LogP contribution in [0.15, 0.2) is 29.3 Å². The Bertz CT molecular complexity index is 404. The van der Waals surface area contributed by atoms with E-state index in [-0.39, 0.29) is 0 Å². The van der Waals surface area contributed by atoms with E-state index in [9.17, 15) is 5.11 Å². The molecule has 5 heteroatoms. The van der Waals surface area contributed by atoms with Gasteiger partial charge in [0.25, 0.3) is 0 Å². The summed E-state index contributed by atoms with van der Waals surface area (Å²) in [6.07, 6.45) is 0. The van der Waals surface area contributed by atoms with Crippen LogP contribution in [-0.2, 0) is 5.60 Å². The maximum absolute atomic E-state index is 10.4. The van der Waals surface area contributed by atoms with Gasteiger partial charge in [-0.25, -0.2) is 0 Å². The number of hydrogen-bond acceptors (Lipinski definition) is 2. The van der Waals surface area contributed by atoms with Gasteiger partial charge in [-0.2, -0.15) is 0 Å². The Labute approximate surface area is 107 Å². The molecule has 1 atom stereocenters. The Morgan fingerprint density at radius 1 is 1.47 bits per heavy atom. The lowest BCUT2D eigenvalue weighted by atomic mass is 9.96. The normalized spacial score (nSPS) is 15.2. The lowest BCUT2D eigenvalue weighted by Crippen LogP contribution is -2.43. The summed E-state index contributed by atoms with van der Waals surface area (Å²) in [6.45, 7) is 2.04. The molecular weight excluding hydrogens is 238 g/mol. The second-order valence-electron chi connectivity index (χ2n) is 3.93. The van der Waals surface area contributed by atoms with E-state index < -0.39 is 5.60 Å². The fourth-order valence-electron chi connectivity index (χ4n) is 1.53. The summed E-state index contributed by atoms with van der Waals surface area (Å²) in [7, 11) is 3.43. The van der Waals surface area contributed by atoms with Gasteiger partial charge in [-0.05, 0) is 13.0 Å². The van der Waals surface area contributed by atoms with Crippen LogP contribution in [0.5, 0.6) is 0 Å². The zero-order valence-corrected chi connectivity index (χ0v) is 11.0. The second-order valence-corrected chi connectivity index (χ2v) is 4.34. The average Bonchev–Trinajstić information content (AvgIpc) is 2.30. The van der Waals surface area contributed by atoms with Gasteiger partial charge in [-0.15, -0.1) is 0 Å². The topological polar surface area (TPSA) is 56.7 Å². The number of aliphatic imine (C=N–C) groups is 1. The summed E-state index contributed by atoms with van der Waals surface area (Å²) in [4.78, 5) is 3.98. The molecule has 17 heavy (non-hydrogen) atoms. The first-order valence-corrected chi connectivity index (χ1v) is 5.75. The number of guanidine groups is 1. The summed E-state index contributed by atoms with van der Waals surface area (Å²) in [6, 6.07) is 7.26. The molecule has 0 fully saturated rings. The quantitative estimate of drug-likeness (QED) is 0.564. The minimum Gasteiger partial charge on any atom is -0.384 e. The van der Waals surface area contributed by atoms with Crippen molar-refractivity contribution in [2.45, 2.75) is 12.5 Å². The number of benzene rings is 1. The summed E-state index contributed by atoms with van der Waals surface area (Å²) in [5.74, 6) is 0.623. The Morgan fingerprint density at radius 2 is 2.12 bits per heavy atom. The van der Waals surface area contributed by atoms with Crippen molar-refractivity contribution in [3.05, 3.63) is 34.9 Å². The molecule has 4 nitrogen and oxygen atoms in total. The maximum atomic E-state index is 10.4. The number of hydrogen-bond donors (Lipinski definition) is 3. The van der Waals surface area contributed by atoms with Crippen LogP contribution in [0.25, 0.3) is 0 Å². The standard InChI is InChI=1S/C12H18ClN3O/c1-12(17,8-16-11(14-2)15-3)9-6-4-5-7-10(9)13/h4-7,17H,8H2,1-3H3,(H2,14,15,16). The van der Waals surface area contributed by atoms with Gasteiger partial charge in [0.2, 0.25) is 0 Å².